The van der Waals surface area contributed by atoms with Gasteiger partial charge in [-0.05, 0) is 58.2 Å². The minimum absolute atomic E-state index is 0.0655. The van der Waals surface area contributed by atoms with E-state index in [0.29, 0.717) is 18.8 Å². The highest BCUT2D eigenvalue weighted by atomic mass is 16.6. The number of carbonyl (C=O) groups excluding carboxylic acids is 2. The number of hydrogen-bond acceptors (Lipinski definition) is 5. The molecule has 1 aromatic rings. The van der Waals surface area contributed by atoms with Gasteiger partial charge in [0, 0.05) is 18.3 Å². The predicted octanol–water partition coefficient (Wildman–Crippen LogP) is 3.64. The van der Waals surface area contributed by atoms with E-state index in [1.54, 1.807) is 0 Å². The Hall–Kier alpha value is -2.08. The molecule has 0 bridgehead atoms. The molecule has 0 saturated carbocycles. The first-order valence-corrected chi connectivity index (χ1v) is 8.78. The summed E-state index contributed by atoms with van der Waals surface area (Å²) >= 11 is 0. The number of carbonyl (C=O) groups is 2. The summed E-state index contributed by atoms with van der Waals surface area (Å²) in [5, 5.41) is 6.13. The molecular formula is C19H28N2O4. The van der Waals surface area contributed by atoms with Crippen LogP contribution < -0.4 is 10.6 Å². The number of piperidine rings is 1. The Bertz CT molecular complexity index is 584. The first-order chi connectivity index (χ1) is 11.8. The van der Waals surface area contributed by atoms with Crippen LogP contribution in [0.15, 0.2) is 24.3 Å². The molecule has 25 heavy (non-hydrogen) atoms. The third-order valence-electron chi connectivity index (χ3n) is 3.99. The van der Waals surface area contributed by atoms with E-state index in [2.05, 4.69) is 10.6 Å². The number of nitrogens with one attached hydrogen (secondary N) is 2. The Morgan fingerprint density at radius 2 is 1.88 bits per heavy atom. The van der Waals surface area contributed by atoms with Crippen molar-refractivity contribution in [1.82, 2.24) is 5.32 Å². The molecule has 0 spiro atoms. The summed E-state index contributed by atoms with van der Waals surface area (Å²) in [5.74, 6) is -0.185. The van der Waals surface area contributed by atoms with E-state index in [4.69, 9.17) is 9.47 Å². The Kier molecular flexibility index (Phi) is 6.42. The van der Waals surface area contributed by atoms with E-state index in [0.717, 1.165) is 18.4 Å². The fourth-order valence-electron chi connectivity index (χ4n) is 2.82. The molecule has 1 aliphatic rings. The zero-order chi connectivity index (χ0) is 18.4. The molecule has 1 amide bonds. The van der Waals surface area contributed by atoms with E-state index < -0.39 is 11.7 Å². The molecule has 6 nitrogen and oxygen atoms in total. The second-order valence-corrected chi connectivity index (χ2v) is 7.24. The Labute approximate surface area is 149 Å². The van der Waals surface area contributed by atoms with Crippen molar-refractivity contribution in [3.63, 3.8) is 0 Å². The summed E-state index contributed by atoms with van der Waals surface area (Å²) in [6, 6.07) is 7.89. The number of ether oxygens (including phenoxy) is 2. The van der Waals surface area contributed by atoms with Crippen LogP contribution >= 0.6 is 0 Å². The number of esters is 1. The van der Waals surface area contributed by atoms with Crippen molar-refractivity contribution in [3.8, 4) is 0 Å². The van der Waals surface area contributed by atoms with Gasteiger partial charge in [-0.25, -0.2) is 4.79 Å². The van der Waals surface area contributed by atoms with Gasteiger partial charge in [-0.2, -0.15) is 0 Å². The van der Waals surface area contributed by atoms with Gasteiger partial charge in [0.2, 0.25) is 0 Å². The van der Waals surface area contributed by atoms with E-state index in [1.165, 1.54) is 0 Å². The number of anilines is 1. The van der Waals surface area contributed by atoms with Crippen molar-refractivity contribution < 1.29 is 19.1 Å². The quantitative estimate of drug-likeness (QED) is 0.813. The van der Waals surface area contributed by atoms with Crippen LogP contribution in [0, 0.1) is 5.92 Å². The first kappa shape index (κ1) is 19.2. The third kappa shape index (κ3) is 6.05. The van der Waals surface area contributed by atoms with Crippen molar-refractivity contribution in [2.75, 3.05) is 18.5 Å². The lowest BCUT2D eigenvalue weighted by atomic mass is 9.91. The molecule has 1 heterocycles. The SMILES string of the molecule is CCOC(=O)C1CCC(c2ccc(NC(=O)OC(C)(C)C)cc2)NC1. The van der Waals surface area contributed by atoms with E-state index in [1.807, 2.05) is 52.0 Å². The fraction of sp³-hybridized carbons (Fsp3) is 0.579. The van der Waals surface area contributed by atoms with Gasteiger partial charge in [-0.15, -0.1) is 0 Å². The average molecular weight is 348 g/mol. The van der Waals surface area contributed by atoms with Gasteiger partial charge < -0.3 is 14.8 Å². The molecule has 2 atom stereocenters. The molecule has 1 aliphatic heterocycles. The smallest absolute Gasteiger partial charge is 0.412 e. The average Bonchev–Trinajstić information content (AvgIpc) is 2.54. The molecule has 0 radical (unpaired) electrons. The van der Waals surface area contributed by atoms with Crippen LogP contribution in [-0.4, -0.2) is 30.8 Å². The van der Waals surface area contributed by atoms with Crippen LogP contribution in [0.2, 0.25) is 0 Å². The maximum atomic E-state index is 11.8. The van der Waals surface area contributed by atoms with Gasteiger partial charge in [0.15, 0.2) is 0 Å². The van der Waals surface area contributed by atoms with Gasteiger partial charge in [0.1, 0.15) is 5.60 Å². The zero-order valence-corrected chi connectivity index (χ0v) is 15.4. The van der Waals surface area contributed by atoms with Crippen LogP contribution in [0.3, 0.4) is 0 Å². The molecule has 2 unspecified atom stereocenters. The number of benzene rings is 1. The van der Waals surface area contributed by atoms with Crippen molar-refractivity contribution >= 4 is 17.7 Å². The summed E-state index contributed by atoms with van der Waals surface area (Å²) in [7, 11) is 0. The topological polar surface area (TPSA) is 76.7 Å². The normalized spacial score (nSPS) is 20.6. The minimum atomic E-state index is -0.522. The zero-order valence-electron chi connectivity index (χ0n) is 15.4. The van der Waals surface area contributed by atoms with Crippen LogP contribution in [-0.2, 0) is 14.3 Å². The van der Waals surface area contributed by atoms with Crippen molar-refractivity contribution in [3.05, 3.63) is 29.8 Å². The van der Waals surface area contributed by atoms with Crippen LogP contribution in [0.1, 0.15) is 52.1 Å². The lowest BCUT2D eigenvalue weighted by molar-refractivity contribution is -0.148. The summed E-state index contributed by atoms with van der Waals surface area (Å²) in [6.45, 7) is 8.35. The van der Waals surface area contributed by atoms with E-state index >= 15 is 0 Å². The Morgan fingerprint density at radius 1 is 1.20 bits per heavy atom. The summed E-state index contributed by atoms with van der Waals surface area (Å²) in [4.78, 5) is 23.6. The predicted molar refractivity (Wildman–Crippen MR) is 96.4 cm³/mol. The second-order valence-electron chi connectivity index (χ2n) is 7.24. The number of hydrogen-bond donors (Lipinski definition) is 2. The largest absolute Gasteiger partial charge is 0.466 e. The lowest BCUT2D eigenvalue weighted by Crippen LogP contribution is -2.37. The number of rotatable bonds is 4. The van der Waals surface area contributed by atoms with Crippen molar-refractivity contribution in [1.29, 1.82) is 0 Å². The minimum Gasteiger partial charge on any atom is -0.466 e. The highest BCUT2D eigenvalue weighted by Gasteiger charge is 2.27. The molecule has 2 N–H and O–H groups in total. The molecule has 138 valence electrons. The van der Waals surface area contributed by atoms with Gasteiger partial charge >= 0.3 is 12.1 Å². The van der Waals surface area contributed by atoms with E-state index in [9.17, 15) is 9.59 Å². The summed E-state index contributed by atoms with van der Waals surface area (Å²) in [5.41, 5.74) is 1.31. The molecule has 2 rings (SSSR count). The fourth-order valence-corrected chi connectivity index (χ4v) is 2.82. The Morgan fingerprint density at radius 3 is 2.40 bits per heavy atom. The van der Waals surface area contributed by atoms with Gasteiger partial charge in [-0.3, -0.25) is 10.1 Å². The van der Waals surface area contributed by atoms with E-state index in [-0.39, 0.29) is 17.9 Å². The maximum Gasteiger partial charge on any atom is 0.412 e. The molecule has 6 heteroatoms. The van der Waals surface area contributed by atoms with Crippen LogP contribution in [0.25, 0.3) is 0 Å². The summed E-state index contributed by atoms with van der Waals surface area (Å²) in [6.07, 6.45) is 1.23. The van der Waals surface area contributed by atoms with Gasteiger partial charge in [0.05, 0.1) is 12.5 Å². The molecule has 0 aliphatic carbocycles. The number of amides is 1. The van der Waals surface area contributed by atoms with Gasteiger partial charge in [-0.1, -0.05) is 12.1 Å². The Balaban J connectivity index is 1.86. The molecule has 1 fully saturated rings. The molecule has 0 aromatic heterocycles. The molecule has 1 saturated heterocycles. The third-order valence-corrected chi connectivity index (χ3v) is 3.99. The molecule has 1 aromatic carbocycles. The van der Waals surface area contributed by atoms with Gasteiger partial charge in [0.25, 0.3) is 0 Å². The van der Waals surface area contributed by atoms with Crippen LogP contribution in [0.4, 0.5) is 10.5 Å². The monoisotopic (exact) mass is 348 g/mol. The van der Waals surface area contributed by atoms with Crippen LogP contribution in [0.5, 0.6) is 0 Å². The molecular weight excluding hydrogens is 320 g/mol. The van der Waals surface area contributed by atoms with Crippen molar-refractivity contribution in [2.24, 2.45) is 5.92 Å². The standard InChI is InChI=1S/C19H28N2O4/c1-5-24-17(22)14-8-11-16(20-12-14)13-6-9-15(10-7-13)21-18(23)25-19(2,3)4/h6-7,9-10,14,16,20H,5,8,11-12H2,1-4H3,(H,21,23). The lowest BCUT2D eigenvalue weighted by Gasteiger charge is -2.29. The highest BCUT2D eigenvalue weighted by molar-refractivity contribution is 5.84. The summed E-state index contributed by atoms with van der Waals surface area (Å²) < 4.78 is 10.3. The second kappa shape index (κ2) is 8.34. The maximum absolute atomic E-state index is 11.8. The van der Waals surface area contributed by atoms with Crippen molar-refractivity contribution in [2.45, 2.75) is 52.2 Å². The first-order valence-electron chi connectivity index (χ1n) is 8.78. The highest BCUT2D eigenvalue weighted by Crippen LogP contribution is 2.27.